The highest BCUT2D eigenvalue weighted by Gasteiger charge is 2.39. The zero-order valence-corrected chi connectivity index (χ0v) is 12.3. The average Bonchev–Trinajstić information content (AvgIpc) is 3.26. The zero-order valence-electron chi connectivity index (χ0n) is 11.6. The second-order valence-corrected chi connectivity index (χ2v) is 6.34. The molecule has 2 saturated carbocycles. The fraction of sp³-hybridized carbons (Fsp3) is 0.600. The first-order valence-electron chi connectivity index (χ1n) is 7.27. The van der Waals surface area contributed by atoms with Gasteiger partial charge >= 0.3 is 6.18 Å². The summed E-state index contributed by atoms with van der Waals surface area (Å²) in [4.78, 5) is 1.49. The van der Waals surface area contributed by atoms with Gasteiger partial charge in [-0.1, -0.05) is 11.6 Å². The van der Waals surface area contributed by atoms with E-state index in [9.17, 15) is 13.2 Å². The third-order valence-electron chi connectivity index (χ3n) is 3.85. The molecule has 2 aliphatic carbocycles. The highest BCUT2D eigenvalue weighted by molar-refractivity contribution is 6.30. The van der Waals surface area contributed by atoms with Crippen molar-refractivity contribution in [3.63, 3.8) is 0 Å². The van der Waals surface area contributed by atoms with Crippen LogP contribution in [0, 0.1) is 0 Å². The topological polar surface area (TPSA) is 15.3 Å². The Morgan fingerprint density at radius 2 is 1.90 bits per heavy atom. The van der Waals surface area contributed by atoms with E-state index in [0.717, 1.165) is 31.2 Å². The van der Waals surface area contributed by atoms with Crippen LogP contribution in [0.3, 0.4) is 0 Å². The average molecular weight is 319 g/mol. The molecule has 0 amide bonds. The molecule has 0 bridgehead atoms. The fourth-order valence-corrected chi connectivity index (χ4v) is 2.70. The molecular weight excluding hydrogens is 301 g/mol. The summed E-state index contributed by atoms with van der Waals surface area (Å²) < 4.78 is 38.5. The molecule has 0 saturated heterocycles. The lowest BCUT2D eigenvalue weighted by Crippen LogP contribution is -2.37. The van der Waals surface area contributed by atoms with Gasteiger partial charge in [-0.15, -0.1) is 0 Å². The minimum Gasteiger partial charge on any atom is -0.359 e. The summed E-state index contributed by atoms with van der Waals surface area (Å²) in [6.07, 6.45) is -0.249. The molecule has 0 radical (unpaired) electrons. The van der Waals surface area contributed by atoms with E-state index in [0.29, 0.717) is 23.3 Å². The molecule has 2 nitrogen and oxygen atoms in total. The first-order chi connectivity index (χ1) is 9.92. The molecular formula is C15H18ClF3N2. The zero-order chi connectivity index (χ0) is 15.0. The molecule has 0 aliphatic heterocycles. The van der Waals surface area contributed by atoms with Crippen molar-refractivity contribution >= 4 is 17.3 Å². The van der Waals surface area contributed by atoms with Gasteiger partial charge in [0, 0.05) is 29.3 Å². The van der Waals surface area contributed by atoms with Crippen LogP contribution in [0.2, 0.25) is 5.02 Å². The van der Waals surface area contributed by atoms with Gasteiger partial charge in [0.15, 0.2) is 0 Å². The van der Waals surface area contributed by atoms with E-state index >= 15 is 0 Å². The molecule has 0 heterocycles. The van der Waals surface area contributed by atoms with Crippen molar-refractivity contribution in [2.45, 2.75) is 50.5 Å². The lowest BCUT2D eigenvalue weighted by atomic mass is 10.1. The van der Waals surface area contributed by atoms with Crippen molar-refractivity contribution in [1.29, 1.82) is 0 Å². The molecule has 1 aromatic rings. The first-order valence-corrected chi connectivity index (χ1v) is 7.65. The van der Waals surface area contributed by atoms with Crippen molar-refractivity contribution < 1.29 is 13.2 Å². The standard InChI is InChI=1S/C15H18ClF3N2/c16-11-1-6-14(10(7-11)8-20-12-2-3-12)21(13-4-5-13)9-15(17,18)19/h1,6-7,12-13,20H,2-5,8-9H2. The van der Waals surface area contributed by atoms with Gasteiger partial charge in [0.05, 0.1) is 0 Å². The maximum Gasteiger partial charge on any atom is 0.405 e. The number of alkyl halides is 3. The molecule has 116 valence electrons. The number of halogens is 4. The van der Waals surface area contributed by atoms with Crippen LogP contribution < -0.4 is 10.2 Å². The smallest absolute Gasteiger partial charge is 0.359 e. The van der Waals surface area contributed by atoms with Crippen LogP contribution in [-0.2, 0) is 6.54 Å². The lowest BCUT2D eigenvalue weighted by molar-refractivity contribution is -0.120. The van der Waals surface area contributed by atoms with Crippen LogP contribution in [0.15, 0.2) is 18.2 Å². The number of anilines is 1. The minimum atomic E-state index is -4.19. The molecule has 21 heavy (non-hydrogen) atoms. The third-order valence-corrected chi connectivity index (χ3v) is 4.08. The van der Waals surface area contributed by atoms with Crippen LogP contribution in [0.1, 0.15) is 31.2 Å². The van der Waals surface area contributed by atoms with Crippen LogP contribution in [0.4, 0.5) is 18.9 Å². The summed E-state index contributed by atoms with van der Waals surface area (Å²) >= 11 is 6.01. The molecule has 1 N–H and O–H groups in total. The SMILES string of the molecule is FC(F)(F)CN(c1ccc(Cl)cc1CNC1CC1)C1CC1. The minimum absolute atomic E-state index is 0.00692. The molecule has 2 aliphatic rings. The molecule has 0 spiro atoms. The molecule has 2 fully saturated rings. The van der Waals surface area contributed by atoms with Crippen molar-refractivity contribution in [2.75, 3.05) is 11.4 Å². The van der Waals surface area contributed by atoms with Gasteiger partial charge in [-0.2, -0.15) is 13.2 Å². The predicted octanol–water partition coefficient (Wildman–Crippen LogP) is 4.12. The Hall–Kier alpha value is -0.940. The summed E-state index contributed by atoms with van der Waals surface area (Å²) in [6, 6.07) is 5.68. The summed E-state index contributed by atoms with van der Waals surface area (Å²) in [7, 11) is 0. The van der Waals surface area contributed by atoms with Crippen LogP contribution in [-0.4, -0.2) is 24.8 Å². The lowest BCUT2D eigenvalue weighted by Gasteiger charge is -2.28. The summed E-state index contributed by atoms with van der Waals surface area (Å²) in [6.45, 7) is -0.322. The third kappa shape index (κ3) is 4.27. The van der Waals surface area contributed by atoms with E-state index in [4.69, 9.17) is 11.6 Å². The van der Waals surface area contributed by atoms with Gasteiger partial charge in [-0.3, -0.25) is 0 Å². The van der Waals surface area contributed by atoms with E-state index in [1.807, 2.05) is 0 Å². The monoisotopic (exact) mass is 318 g/mol. The highest BCUT2D eigenvalue weighted by atomic mass is 35.5. The molecule has 0 aromatic heterocycles. The number of nitrogens with zero attached hydrogens (tertiary/aromatic N) is 1. The number of rotatable bonds is 6. The van der Waals surface area contributed by atoms with Crippen molar-refractivity contribution in [3.8, 4) is 0 Å². The maximum absolute atomic E-state index is 12.8. The Morgan fingerprint density at radius 3 is 2.48 bits per heavy atom. The Morgan fingerprint density at radius 1 is 1.19 bits per heavy atom. The van der Waals surface area contributed by atoms with E-state index in [2.05, 4.69) is 5.32 Å². The predicted molar refractivity (Wildman–Crippen MR) is 77.7 cm³/mol. The van der Waals surface area contributed by atoms with Gasteiger partial charge < -0.3 is 10.2 Å². The van der Waals surface area contributed by atoms with Gasteiger partial charge in [-0.25, -0.2) is 0 Å². The normalized spacial score (nSPS) is 18.9. The molecule has 0 atom stereocenters. The number of hydrogen-bond acceptors (Lipinski definition) is 2. The van der Waals surface area contributed by atoms with Gasteiger partial charge in [0.25, 0.3) is 0 Å². The van der Waals surface area contributed by atoms with Gasteiger partial charge in [-0.05, 0) is 49.4 Å². The number of hydrogen-bond donors (Lipinski definition) is 1. The van der Waals surface area contributed by atoms with Crippen molar-refractivity contribution in [2.24, 2.45) is 0 Å². The van der Waals surface area contributed by atoms with Gasteiger partial charge in [0.2, 0.25) is 0 Å². The Balaban J connectivity index is 1.82. The van der Waals surface area contributed by atoms with Crippen LogP contribution in [0.5, 0.6) is 0 Å². The summed E-state index contributed by atoms with van der Waals surface area (Å²) in [5.74, 6) is 0. The second-order valence-electron chi connectivity index (χ2n) is 5.90. The van der Waals surface area contributed by atoms with Crippen LogP contribution in [0.25, 0.3) is 0 Å². The molecule has 1 aromatic carbocycles. The summed E-state index contributed by atoms with van der Waals surface area (Å²) in [5.41, 5.74) is 1.51. The van der Waals surface area contributed by atoms with E-state index < -0.39 is 12.7 Å². The largest absolute Gasteiger partial charge is 0.405 e. The quantitative estimate of drug-likeness (QED) is 0.848. The van der Waals surface area contributed by atoms with Crippen molar-refractivity contribution in [1.82, 2.24) is 5.32 Å². The van der Waals surface area contributed by atoms with Crippen molar-refractivity contribution in [3.05, 3.63) is 28.8 Å². The van der Waals surface area contributed by atoms with E-state index in [1.165, 1.54) is 4.90 Å². The number of benzene rings is 1. The fourth-order valence-electron chi connectivity index (χ4n) is 2.51. The second kappa shape index (κ2) is 5.69. The molecule has 0 unspecified atom stereocenters. The molecule has 6 heteroatoms. The first kappa shape index (κ1) is 15.0. The van der Waals surface area contributed by atoms with Crippen LogP contribution >= 0.6 is 11.6 Å². The van der Waals surface area contributed by atoms with Gasteiger partial charge in [0.1, 0.15) is 6.54 Å². The van der Waals surface area contributed by atoms with E-state index in [-0.39, 0.29) is 6.04 Å². The number of nitrogens with one attached hydrogen (secondary N) is 1. The molecule has 3 rings (SSSR count). The van der Waals surface area contributed by atoms with E-state index in [1.54, 1.807) is 18.2 Å². The summed E-state index contributed by atoms with van der Waals surface area (Å²) in [5, 5.41) is 3.91. The Bertz CT molecular complexity index is 510. The maximum atomic E-state index is 12.8. The highest BCUT2D eigenvalue weighted by Crippen LogP contribution is 2.37. The Kier molecular flexibility index (Phi) is 4.06. The Labute approximate surface area is 127 Å².